The zero-order chi connectivity index (χ0) is 12.9. The first-order valence-corrected chi connectivity index (χ1v) is 5.85. The zero-order valence-electron chi connectivity index (χ0n) is 10.8. The van der Waals surface area contributed by atoms with E-state index in [-0.39, 0.29) is 12.6 Å². The van der Waals surface area contributed by atoms with E-state index in [2.05, 4.69) is 18.7 Å². The minimum atomic E-state index is -0.365. The molecule has 0 amide bonds. The Hall–Kier alpha value is -1.35. The van der Waals surface area contributed by atoms with Crippen molar-refractivity contribution in [1.82, 2.24) is 0 Å². The van der Waals surface area contributed by atoms with Crippen LogP contribution in [0.25, 0.3) is 0 Å². The highest BCUT2D eigenvalue weighted by molar-refractivity contribution is 5.86. The van der Waals surface area contributed by atoms with E-state index in [1.165, 1.54) is 0 Å². The van der Waals surface area contributed by atoms with Crippen molar-refractivity contribution in [2.45, 2.75) is 26.7 Å². The molecule has 0 atom stereocenters. The largest absolute Gasteiger partial charge is 0.460 e. The Morgan fingerprint density at radius 2 is 1.88 bits per heavy atom. The minimum absolute atomic E-state index is 0.276. The fourth-order valence-corrected chi connectivity index (χ4v) is 1.01. The molecule has 0 aliphatic rings. The van der Waals surface area contributed by atoms with Crippen LogP contribution in [0.2, 0.25) is 0 Å². The standard InChI is InChI=1S/C14H22O3/c1-4-5-6-7-8-9-10-16-11-12-17-14(15)13(2)3/h4-5,8-9H,2,6-7,10-12H2,1,3H3. The van der Waals surface area contributed by atoms with Crippen molar-refractivity contribution in [2.24, 2.45) is 0 Å². The van der Waals surface area contributed by atoms with Crippen molar-refractivity contribution in [3.63, 3.8) is 0 Å². The van der Waals surface area contributed by atoms with E-state index in [1.54, 1.807) is 6.92 Å². The Bertz CT molecular complexity index is 277. The second-order valence-electron chi connectivity index (χ2n) is 3.61. The fourth-order valence-electron chi connectivity index (χ4n) is 1.01. The van der Waals surface area contributed by atoms with Crippen molar-refractivity contribution >= 4 is 5.97 Å². The SMILES string of the molecule is C=C(C)C(=O)OCCOCC=CCCC=CC. The number of hydrogen-bond donors (Lipinski definition) is 0. The summed E-state index contributed by atoms with van der Waals surface area (Å²) >= 11 is 0. The van der Waals surface area contributed by atoms with Crippen molar-refractivity contribution in [3.8, 4) is 0 Å². The van der Waals surface area contributed by atoms with Crippen molar-refractivity contribution in [2.75, 3.05) is 19.8 Å². The van der Waals surface area contributed by atoms with Gasteiger partial charge < -0.3 is 9.47 Å². The molecule has 0 heterocycles. The highest BCUT2D eigenvalue weighted by atomic mass is 16.6. The highest BCUT2D eigenvalue weighted by Crippen LogP contribution is 1.93. The molecular formula is C14H22O3. The summed E-state index contributed by atoms with van der Waals surface area (Å²) in [7, 11) is 0. The summed E-state index contributed by atoms with van der Waals surface area (Å²) in [4.78, 5) is 11.0. The van der Waals surface area contributed by atoms with Gasteiger partial charge in [-0.1, -0.05) is 30.9 Å². The number of ether oxygens (including phenoxy) is 2. The van der Waals surface area contributed by atoms with Gasteiger partial charge in [0.25, 0.3) is 0 Å². The summed E-state index contributed by atoms with van der Waals surface area (Å²) < 4.78 is 10.1. The second-order valence-corrected chi connectivity index (χ2v) is 3.61. The van der Waals surface area contributed by atoms with Crippen LogP contribution in [0.4, 0.5) is 0 Å². The van der Waals surface area contributed by atoms with Crippen LogP contribution >= 0.6 is 0 Å². The maximum absolute atomic E-state index is 11.0. The third-order valence-electron chi connectivity index (χ3n) is 1.93. The summed E-state index contributed by atoms with van der Waals surface area (Å²) in [6.07, 6.45) is 10.3. The van der Waals surface area contributed by atoms with Crippen LogP contribution in [-0.4, -0.2) is 25.8 Å². The molecule has 0 aromatic rings. The molecule has 0 aromatic heterocycles. The average molecular weight is 238 g/mol. The van der Waals surface area contributed by atoms with Crippen LogP contribution in [0.5, 0.6) is 0 Å². The number of rotatable bonds is 9. The second kappa shape index (κ2) is 11.1. The van der Waals surface area contributed by atoms with E-state index in [4.69, 9.17) is 9.47 Å². The molecule has 0 saturated heterocycles. The summed E-state index contributed by atoms with van der Waals surface area (Å²) in [6.45, 7) is 8.37. The highest BCUT2D eigenvalue weighted by Gasteiger charge is 2.01. The average Bonchev–Trinajstić information content (AvgIpc) is 2.31. The maximum atomic E-state index is 11.0. The summed E-state index contributed by atoms with van der Waals surface area (Å²) in [5.41, 5.74) is 0.411. The van der Waals surface area contributed by atoms with Crippen LogP contribution in [-0.2, 0) is 14.3 Å². The van der Waals surface area contributed by atoms with Gasteiger partial charge in [-0.3, -0.25) is 0 Å². The van der Waals surface area contributed by atoms with E-state index in [0.717, 1.165) is 12.8 Å². The topological polar surface area (TPSA) is 35.5 Å². The number of carbonyl (C=O) groups is 1. The monoisotopic (exact) mass is 238 g/mol. The lowest BCUT2D eigenvalue weighted by atomic mass is 10.3. The van der Waals surface area contributed by atoms with E-state index in [9.17, 15) is 4.79 Å². The van der Waals surface area contributed by atoms with Crippen LogP contribution < -0.4 is 0 Å². The van der Waals surface area contributed by atoms with E-state index in [1.807, 2.05) is 19.1 Å². The lowest BCUT2D eigenvalue weighted by molar-refractivity contribution is -0.140. The number of unbranched alkanes of at least 4 members (excludes halogenated alkanes) is 1. The number of allylic oxidation sites excluding steroid dienone is 3. The molecular weight excluding hydrogens is 216 g/mol. The molecule has 0 N–H and O–H groups in total. The molecule has 17 heavy (non-hydrogen) atoms. The van der Waals surface area contributed by atoms with Crippen molar-refractivity contribution in [3.05, 3.63) is 36.5 Å². The summed E-state index contributed by atoms with van der Waals surface area (Å²) in [5, 5.41) is 0. The predicted octanol–water partition coefficient (Wildman–Crippen LogP) is 3.03. The summed E-state index contributed by atoms with van der Waals surface area (Å²) in [5.74, 6) is -0.365. The van der Waals surface area contributed by atoms with Gasteiger partial charge in [-0.05, 0) is 26.7 Å². The van der Waals surface area contributed by atoms with Crippen LogP contribution in [0.15, 0.2) is 36.5 Å². The third kappa shape index (κ3) is 10.9. The van der Waals surface area contributed by atoms with Crippen LogP contribution in [0, 0.1) is 0 Å². The lowest BCUT2D eigenvalue weighted by Crippen LogP contribution is -2.10. The molecule has 0 aromatic carbocycles. The Labute approximate surface area is 104 Å². The van der Waals surface area contributed by atoms with Crippen LogP contribution in [0.1, 0.15) is 26.7 Å². The smallest absolute Gasteiger partial charge is 0.333 e. The van der Waals surface area contributed by atoms with E-state index < -0.39 is 0 Å². The van der Waals surface area contributed by atoms with Gasteiger partial charge in [0.1, 0.15) is 6.61 Å². The maximum Gasteiger partial charge on any atom is 0.333 e. The Kier molecular flexibility index (Phi) is 10.3. The lowest BCUT2D eigenvalue weighted by Gasteiger charge is -2.03. The van der Waals surface area contributed by atoms with E-state index in [0.29, 0.717) is 18.8 Å². The van der Waals surface area contributed by atoms with Gasteiger partial charge in [0.2, 0.25) is 0 Å². The number of carbonyl (C=O) groups excluding carboxylic acids is 1. The molecule has 0 unspecified atom stereocenters. The molecule has 0 spiro atoms. The van der Waals surface area contributed by atoms with Gasteiger partial charge in [-0.25, -0.2) is 4.79 Å². The fraction of sp³-hybridized carbons (Fsp3) is 0.500. The van der Waals surface area contributed by atoms with Crippen molar-refractivity contribution < 1.29 is 14.3 Å². The molecule has 96 valence electrons. The predicted molar refractivity (Wildman–Crippen MR) is 69.8 cm³/mol. The normalized spacial score (nSPS) is 11.2. The van der Waals surface area contributed by atoms with Crippen LogP contribution in [0.3, 0.4) is 0 Å². The Morgan fingerprint density at radius 3 is 2.53 bits per heavy atom. The minimum Gasteiger partial charge on any atom is -0.460 e. The molecule has 3 heteroatoms. The van der Waals surface area contributed by atoms with Gasteiger partial charge in [-0.15, -0.1) is 0 Å². The van der Waals surface area contributed by atoms with Gasteiger partial charge in [-0.2, -0.15) is 0 Å². The molecule has 0 saturated carbocycles. The molecule has 0 fully saturated rings. The first kappa shape index (κ1) is 15.7. The molecule has 0 radical (unpaired) electrons. The molecule has 0 aliphatic carbocycles. The van der Waals surface area contributed by atoms with Gasteiger partial charge >= 0.3 is 5.97 Å². The Balaban J connectivity index is 3.29. The third-order valence-corrected chi connectivity index (χ3v) is 1.93. The number of hydrogen-bond acceptors (Lipinski definition) is 3. The molecule has 3 nitrogen and oxygen atoms in total. The molecule has 0 bridgehead atoms. The first-order valence-electron chi connectivity index (χ1n) is 5.85. The van der Waals surface area contributed by atoms with Gasteiger partial charge in [0.05, 0.1) is 13.2 Å². The summed E-state index contributed by atoms with van der Waals surface area (Å²) in [6, 6.07) is 0. The van der Waals surface area contributed by atoms with E-state index >= 15 is 0 Å². The molecule has 0 rings (SSSR count). The Morgan fingerprint density at radius 1 is 1.18 bits per heavy atom. The quantitative estimate of drug-likeness (QED) is 0.268. The van der Waals surface area contributed by atoms with Crippen molar-refractivity contribution in [1.29, 1.82) is 0 Å². The molecule has 0 aliphatic heterocycles. The van der Waals surface area contributed by atoms with Gasteiger partial charge in [0.15, 0.2) is 0 Å². The zero-order valence-corrected chi connectivity index (χ0v) is 10.8. The number of esters is 1. The first-order chi connectivity index (χ1) is 8.18. The van der Waals surface area contributed by atoms with Gasteiger partial charge in [0, 0.05) is 5.57 Å².